The summed E-state index contributed by atoms with van der Waals surface area (Å²) in [5.41, 5.74) is 3.25. The molecule has 0 fully saturated rings. The number of esters is 1. The normalized spacial score (nSPS) is 10.7. The van der Waals surface area contributed by atoms with Gasteiger partial charge in [0.2, 0.25) is 0 Å². The molecule has 0 atom stereocenters. The molecular weight excluding hydrogens is 366 g/mol. The van der Waals surface area contributed by atoms with E-state index < -0.39 is 0 Å². The highest BCUT2D eigenvalue weighted by molar-refractivity contribution is 5.89. The Morgan fingerprint density at radius 3 is 2.34 bits per heavy atom. The van der Waals surface area contributed by atoms with E-state index in [-0.39, 0.29) is 5.97 Å². The van der Waals surface area contributed by atoms with Gasteiger partial charge in [-0.25, -0.2) is 4.79 Å². The average Bonchev–Trinajstić information content (AvgIpc) is 2.78. The van der Waals surface area contributed by atoms with Crippen molar-refractivity contribution in [2.75, 3.05) is 13.7 Å². The van der Waals surface area contributed by atoms with Crippen LogP contribution in [0.15, 0.2) is 77.8 Å². The summed E-state index contributed by atoms with van der Waals surface area (Å²) in [5.74, 6) is 1.18. The van der Waals surface area contributed by atoms with Gasteiger partial charge < -0.3 is 14.2 Å². The Hall–Kier alpha value is -3.60. The van der Waals surface area contributed by atoms with Crippen LogP contribution in [0.2, 0.25) is 0 Å². The van der Waals surface area contributed by atoms with Gasteiger partial charge in [0.1, 0.15) is 23.8 Å². The second-order valence-corrected chi connectivity index (χ2v) is 6.21. The lowest BCUT2D eigenvalue weighted by atomic mass is 10.1. The second-order valence-electron chi connectivity index (χ2n) is 6.21. The predicted octanol–water partition coefficient (Wildman–Crippen LogP) is 5.20. The quantitative estimate of drug-likeness (QED) is 0.392. The van der Waals surface area contributed by atoms with Crippen LogP contribution in [-0.2, 0) is 11.3 Å². The predicted molar refractivity (Wildman–Crippen MR) is 113 cm³/mol. The molecule has 5 nitrogen and oxygen atoms in total. The maximum absolute atomic E-state index is 11.5. The van der Waals surface area contributed by atoms with Crippen LogP contribution in [0.3, 0.4) is 0 Å². The van der Waals surface area contributed by atoms with Crippen LogP contribution in [0.5, 0.6) is 11.5 Å². The van der Waals surface area contributed by atoms with Gasteiger partial charge in [-0.3, -0.25) is 4.99 Å². The molecule has 0 unspecified atom stereocenters. The molecule has 0 saturated heterocycles. The van der Waals surface area contributed by atoms with E-state index in [2.05, 4.69) is 4.99 Å². The van der Waals surface area contributed by atoms with Gasteiger partial charge in [0, 0.05) is 6.21 Å². The van der Waals surface area contributed by atoms with Gasteiger partial charge in [-0.05, 0) is 66.6 Å². The third kappa shape index (κ3) is 5.69. The van der Waals surface area contributed by atoms with E-state index >= 15 is 0 Å². The summed E-state index contributed by atoms with van der Waals surface area (Å²) in [6.45, 7) is 2.97. The molecule has 0 amide bonds. The Balaban J connectivity index is 1.58. The van der Waals surface area contributed by atoms with Crippen LogP contribution < -0.4 is 9.47 Å². The fourth-order valence-corrected chi connectivity index (χ4v) is 2.66. The van der Waals surface area contributed by atoms with Crippen molar-refractivity contribution in [3.8, 4) is 11.5 Å². The first-order valence-corrected chi connectivity index (χ1v) is 9.35. The molecule has 3 aromatic rings. The third-order valence-electron chi connectivity index (χ3n) is 4.18. The van der Waals surface area contributed by atoms with E-state index in [1.165, 1.54) is 7.11 Å². The van der Waals surface area contributed by atoms with Gasteiger partial charge in [-0.15, -0.1) is 0 Å². The summed E-state index contributed by atoms with van der Waals surface area (Å²) < 4.78 is 16.1. The minimum Gasteiger partial charge on any atom is -0.492 e. The molecule has 0 aliphatic carbocycles. The standard InChI is InChI=1S/C24H23NO4/c1-3-28-23-7-5-4-6-22(23)25-16-18-10-14-21(15-11-18)29-17-19-8-12-20(13-9-19)24(26)27-2/h4-16H,3,17H2,1-2H3. The van der Waals surface area contributed by atoms with Gasteiger partial charge in [0.05, 0.1) is 19.3 Å². The molecule has 0 aliphatic heterocycles. The molecule has 3 rings (SSSR count). The summed E-state index contributed by atoms with van der Waals surface area (Å²) >= 11 is 0. The highest BCUT2D eigenvalue weighted by Gasteiger charge is 2.05. The van der Waals surface area contributed by atoms with Crippen molar-refractivity contribution in [3.05, 3.63) is 89.5 Å². The third-order valence-corrected chi connectivity index (χ3v) is 4.18. The monoisotopic (exact) mass is 389 g/mol. The summed E-state index contributed by atoms with van der Waals surface area (Å²) in [5, 5.41) is 0. The largest absolute Gasteiger partial charge is 0.492 e. The van der Waals surface area contributed by atoms with Crippen LogP contribution in [-0.4, -0.2) is 25.9 Å². The Bertz CT molecular complexity index is 963. The molecule has 0 saturated carbocycles. The molecule has 5 heteroatoms. The summed E-state index contributed by atoms with van der Waals surface area (Å²) in [6.07, 6.45) is 1.80. The first-order chi connectivity index (χ1) is 14.2. The number of hydrogen-bond acceptors (Lipinski definition) is 5. The number of benzene rings is 3. The number of aliphatic imine (C=N–C) groups is 1. The highest BCUT2D eigenvalue weighted by Crippen LogP contribution is 2.26. The molecule has 0 bridgehead atoms. The SMILES string of the molecule is CCOc1ccccc1N=Cc1ccc(OCc2ccc(C(=O)OC)cc2)cc1. The van der Waals surface area contributed by atoms with E-state index in [0.29, 0.717) is 18.8 Å². The van der Waals surface area contributed by atoms with Gasteiger partial charge in [-0.2, -0.15) is 0 Å². The van der Waals surface area contributed by atoms with Crippen LogP contribution in [0, 0.1) is 0 Å². The number of carbonyl (C=O) groups is 1. The lowest BCUT2D eigenvalue weighted by Gasteiger charge is -2.07. The Labute approximate surface area is 170 Å². The van der Waals surface area contributed by atoms with E-state index in [1.54, 1.807) is 18.3 Å². The zero-order chi connectivity index (χ0) is 20.5. The van der Waals surface area contributed by atoms with Crippen LogP contribution in [0.25, 0.3) is 0 Å². The summed E-state index contributed by atoms with van der Waals surface area (Å²) in [4.78, 5) is 16.0. The zero-order valence-corrected chi connectivity index (χ0v) is 16.5. The molecule has 0 spiro atoms. The fraction of sp³-hybridized carbons (Fsp3) is 0.167. The molecule has 0 aliphatic rings. The van der Waals surface area contributed by atoms with Crippen LogP contribution >= 0.6 is 0 Å². The molecule has 3 aromatic carbocycles. The number of ether oxygens (including phenoxy) is 3. The molecular formula is C24H23NO4. The van der Waals surface area contributed by atoms with Crippen molar-refractivity contribution in [2.24, 2.45) is 4.99 Å². The van der Waals surface area contributed by atoms with Crippen molar-refractivity contribution in [1.29, 1.82) is 0 Å². The molecule has 0 aromatic heterocycles. The molecule has 29 heavy (non-hydrogen) atoms. The van der Waals surface area contributed by atoms with Gasteiger partial charge in [-0.1, -0.05) is 24.3 Å². The van der Waals surface area contributed by atoms with Crippen molar-refractivity contribution >= 4 is 17.9 Å². The van der Waals surface area contributed by atoms with Gasteiger partial charge in [0.25, 0.3) is 0 Å². The first kappa shape index (κ1) is 20.1. The Kier molecular flexibility index (Phi) is 7.00. The molecule has 0 radical (unpaired) electrons. The van der Waals surface area contributed by atoms with Gasteiger partial charge in [0.15, 0.2) is 0 Å². The summed E-state index contributed by atoms with van der Waals surface area (Å²) in [7, 11) is 1.37. The maximum Gasteiger partial charge on any atom is 0.337 e. The smallest absolute Gasteiger partial charge is 0.337 e. The van der Waals surface area contributed by atoms with Crippen molar-refractivity contribution in [1.82, 2.24) is 0 Å². The van der Waals surface area contributed by atoms with Crippen LogP contribution in [0.4, 0.5) is 5.69 Å². The molecule has 0 N–H and O–H groups in total. The average molecular weight is 389 g/mol. The Morgan fingerprint density at radius 1 is 0.931 bits per heavy atom. The lowest BCUT2D eigenvalue weighted by molar-refractivity contribution is 0.0600. The fourth-order valence-electron chi connectivity index (χ4n) is 2.66. The van der Waals surface area contributed by atoms with E-state index in [4.69, 9.17) is 14.2 Å². The lowest BCUT2D eigenvalue weighted by Crippen LogP contribution is -2.02. The second kappa shape index (κ2) is 10.1. The number of hydrogen-bond donors (Lipinski definition) is 0. The van der Waals surface area contributed by atoms with E-state index in [0.717, 1.165) is 28.3 Å². The van der Waals surface area contributed by atoms with E-state index in [1.807, 2.05) is 67.6 Å². The molecule has 0 heterocycles. The van der Waals surface area contributed by atoms with Crippen molar-refractivity contribution < 1.29 is 19.0 Å². The first-order valence-electron chi connectivity index (χ1n) is 9.35. The minimum atomic E-state index is -0.349. The number of rotatable bonds is 8. The topological polar surface area (TPSA) is 57.1 Å². The minimum absolute atomic E-state index is 0.349. The zero-order valence-electron chi connectivity index (χ0n) is 16.5. The highest BCUT2D eigenvalue weighted by atomic mass is 16.5. The number of methoxy groups -OCH3 is 1. The number of nitrogens with zero attached hydrogens (tertiary/aromatic N) is 1. The van der Waals surface area contributed by atoms with Crippen LogP contribution in [0.1, 0.15) is 28.4 Å². The number of carbonyl (C=O) groups excluding carboxylic acids is 1. The van der Waals surface area contributed by atoms with Crippen molar-refractivity contribution in [3.63, 3.8) is 0 Å². The molecule has 148 valence electrons. The Morgan fingerprint density at radius 2 is 1.66 bits per heavy atom. The maximum atomic E-state index is 11.5. The summed E-state index contributed by atoms with van der Waals surface area (Å²) in [6, 6.07) is 22.5. The van der Waals surface area contributed by atoms with E-state index in [9.17, 15) is 4.79 Å². The number of para-hydroxylation sites is 2. The van der Waals surface area contributed by atoms with Crippen molar-refractivity contribution in [2.45, 2.75) is 13.5 Å². The van der Waals surface area contributed by atoms with Gasteiger partial charge >= 0.3 is 5.97 Å².